The van der Waals surface area contributed by atoms with E-state index in [1.165, 1.54) is 93.4 Å². The van der Waals surface area contributed by atoms with Crippen molar-refractivity contribution in [3.8, 4) is 61.3 Å². The lowest BCUT2D eigenvalue weighted by Gasteiger charge is -2.26. The summed E-state index contributed by atoms with van der Waals surface area (Å²) in [4.78, 5) is 2.37. The van der Waals surface area contributed by atoms with E-state index in [-0.39, 0.29) is 0 Å². The maximum Gasteiger partial charge on any atom is 0.0541 e. The number of hydrogen-bond donors (Lipinski definition) is 0. The quantitative estimate of drug-likeness (QED) is 0.140. The van der Waals surface area contributed by atoms with E-state index in [0.717, 1.165) is 28.3 Å². The summed E-state index contributed by atoms with van der Waals surface area (Å²) in [6, 6.07) is 102. The summed E-state index contributed by atoms with van der Waals surface area (Å²) in [5, 5.41) is 7.55. The highest BCUT2D eigenvalue weighted by Gasteiger charge is 2.17. The van der Waals surface area contributed by atoms with Gasteiger partial charge in [0, 0.05) is 33.5 Å². The van der Waals surface area contributed by atoms with Crippen molar-refractivity contribution in [2.45, 2.75) is 0 Å². The first-order valence-corrected chi connectivity index (χ1v) is 24.1. The van der Waals surface area contributed by atoms with Crippen molar-refractivity contribution in [1.29, 1.82) is 0 Å². The first kappa shape index (κ1) is 41.0. The first-order chi connectivity index (χ1) is 34.7. The largest absolute Gasteiger partial charge is 0.311 e. The molecule has 0 saturated heterocycles. The van der Waals surface area contributed by atoms with E-state index in [4.69, 9.17) is 0 Å². The maximum atomic E-state index is 2.39. The Bertz CT molecular complexity index is 3820. The molecular weight excluding hydrogens is 845 g/mol. The van der Waals surface area contributed by atoms with E-state index in [1.807, 2.05) is 0 Å². The lowest BCUT2D eigenvalue weighted by Crippen LogP contribution is -2.09. The van der Waals surface area contributed by atoms with E-state index in [2.05, 4.69) is 289 Å². The molecular formula is C68H46N2. The third-order valence-corrected chi connectivity index (χ3v) is 14.0. The summed E-state index contributed by atoms with van der Waals surface area (Å²) in [5.41, 5.74) is 18.8. The van der Waals surface area contributed by atoms with Crippen LogP contribution in [0.25, 0.3) is 105 Å². The van der Waals surface area contributed by atoms with Gasteiger partial charge in [-0.05, 0) is 150 Å². The molecule has 0 aliphatic carbocycles. The summed E-state index contributed by atoms with van der Waals surface area (Å²) in [6.07, 6.45) is 0. The Kier molecular flexibility index (Phi) is 10.2. The minimum Gasteiger partial charge on any atom is -0.311 e. The molecule has 0 bridgehead atoms. The van der Waals surface area contributed by atoms with E-state index < -0.39 is 0 Å². The lowest BCUT2D eigenvalue weighted by molar-refractivity contribution is 1.18. The average molecular weight is 891 g/mol. The Hall–Kier alpha value is -9.24. The van der Waals surface area contributed by atoms with E-state index in [0.29, 0.717) is 0 Å². The van der Waals surface area contributed by atoms with Gasteiger partial charge in [-0.15, -0.1) is 0 Å². The van der Waals surface area contributed by atoms with Gasteiger partial charge in [0.05, 0.1) is 11.0 Å². The van der Waals surface area contributed by atoms with Crippen LogP contribution in [0.15, 0.2) is 279 Å². The average Bonchev–Trinajstić information content (AvgIpc) is 3.78. The number of para-hydroxylation sites is 2. The molecule has 0 aliphatic heterocycles. The van der Waals surface area contributed by atoms with Crippen molar-refractivity contribution in [2.75, 3.05) is 4.90 Å². The minimum atomic E-state index is 1.08. The van der Waals surface area contributed by atoms with Crippen LogP contribution >= 0.6 is 0 Å². The predicted octanol–water partition coefficient (Wildman–Crippen LogP) is 18.9. The van der Waals surface area contributed by atoms with Gasteiger partial charge in [0.15, 0.2) is 0 Å². The van der Waals surface area contributed by atoms with Crippen molar-refractivity contribution in [3.63, 3.8) is 0 Å². The number of benzene rings is 12. The van der Waals surface area contributed by atoms with Gasteiger partial charge in [-0.25, -0.2) is 0 Å². The molecule has 13 rings (SSSR count). The lowest BCUT2D eigenvalue weighted by atomic mass is 9.95. The topological polar surface area (TPSA) is 8.17 Å². The number of anilines is 3. The van der Waals surface area contributed by atoms with Crippen LogP contribution in [0.5, 0.6) is 0 Å². The van der Waals surface area contributed by atoms with Crippen molar-refractivity contribution >= 4 is 60.4 Å². The van der Waals surface area contributed by atoms with Crippen molar-refractivity contribution in [3.05, 3.63) is 279 Å². The fraction of sp³-hybridized carbons (Fsp3) is 0. The van der Waals surface area contributed by atoms with E-state index in [1.54, 1.807) is 0 Å². The highest BCUT2D eigenvalue weighted by atomic mass is 15.1. The zero-order chi connectivity index (χ0) is 46.4. The van der Waals surface area contributed by atoms with Gasteiger partial charge in [0.25, 0.3) is 0 Å². The van der Waals surface area contributed by atoms with Crippen molar-refractivity contribution in [2.24, 2.45) is 0 Å². The second-order valence-electron chi connectivity index (χ2n) is 18.1. The summed E-state index contributed by atoms with van der Waals surface area (Å²) in [5.74, 6) is 0. The van der Waals surface area contributed by atoms with Gasteiger partial charge >= 0.3 is 0 Å². The molecule has 1 heterocycles. The molecule has 13 aromatic rings. The Morgan fingerprint density at radius 2 is 0.571 bits per heavy atom. The number of nitrogens with zero attached hydrogens (tertiary/aromatic N) is 2. The zero-order valence-electron chi connectivity index (χ0n) is 38.5. The fourth-order valence-electron chi connectivity index (χ4n) is 10.6. The monoisotopic (exact) mass is 890 g/mol. The van der Waals surface area contributed by atoms with Gasteiger partial charge in [-0.3, -0.25) is 0 Å². The molecule has 70 heavy (non-hydrogen) atoms. The Morgan fingerprint density at radius 3 is 1.03 bits per heavy atom. The molecule has 2 heteroatoms. The van der Waals surface area contributed by atoms with Crippen LogP contribution in [0.1, 0.15) is 0 Å². The highest BCUT2D eigenvalue weighted by molar-refractivity contribution is 6.09. The molecule has 0 aliphatic rings. The van der Waals surface area contributed by atoms with Crippen LogP contribution in [0.2, 0.25) is 0 Å². The van der Waals surface area contributed by atoms with E-state index >= 15 is 0 Å². The Balaban J connectivity index is 0.861. The first-order valence-electron chi connectivity index (χ1n) is 24.1. The second kappa shape index (κ2) is 17.4. The molecule has 0 saturated carbocycles. The highest BCUT2D eigenvalue weighted by Crippen LogP contribution is 2.40. The number of aromatic nitrogens is 1. The zero-order valence-corrected chi connectivity index (χ0v) is 38.5. The normalized spacial score (nSPS) is 11.4. The van der Waals surface area contributed by atoms with Crippen LogP contribution in [0.4, 0.5) is 17.1 Å². The number of fused-ring (bicyclic) bond motifs is 5. The molecule has 1 aromatic heterocycles. The predicted molar refractivity (Wildman–Crippen MR) is 298 cm³/mol. The summed E-state index contributed by atoms with van der Waals surface area (Å²) in [7, 11) is 0. The molecule has 0 spiro atoms. The third-order valence-electron chi connectivity index (χ3n) is 14.0. The van der Waals surface area contributed by atoms with Crippen LogP contribution in [0, 0.1) is 0 Å². The van der Waals surface area contributed by atoms with Gasteiger partial charge in [-0.2, -0.15) is 0 Å². The van der Waals surface area contributed by atoms with Crippen LogP contribution in [-0.4, -0.2) is 4.57 Å². The number of hydrogen-bond acceptors (Lipinski definition) is 1. The van der Waals surface area contributed by atoms with Crippen LogP contribution < -0.4 is 4.90 Å². The van der Waals surface area contributed by atoms with Crippen molar-refractivity contribution in [1.82, 2.24) is 4.57 Å². The van der Waals surface area contributed by atoms with Crippen molar-refractivity contribution < 1.29 is 0 Å². The maximum absolute atomic E-state index is 2.39. The molecule has 0 unspecified atom stereocenters. The molecule has 0 amide bonds. The molecule has 328 valence electrons. The third kappa shape index (κ3) is 7.40. The van der Waals surface area contributed by atoms with Gasteiger partial charge < -0.3 is 9.47 Å². The van der Waals surface area contributed by atoms with Gasteiger partial charge in [0.1, 0.15) is 0 Å². The molecule has 0 radical (unpaired) electrons. The summed E-state index contributed by atoms with van der Waals surface area (Å²) >= 11 is 0. The second-order valence-corrected chi connectivity index (χ2v) is 18.1. The Labute approximate surface area is 408 Å². The molecule has 0 atom stereocenters. The molecule has 12 aromatic carbocycles. The van der Waals surface area contributed by atoms with Crippen LogP contribution in [-0.2, 0) is 0 Å². The summed E-state index contributed by atoms with van der Waals surface area (Å²) < 4.78 is 2.39. The van der Waals surface area contributed by atoms with E-state index in [9.17, 15) is 0 Å². The van der Waals surface area contributed by atoms with Gasteiger partial charge in [-0.1, -0.05) is 206 Å². The smallest absolute Gasteiger partial charge is 0.0541 e. The fourth-order valence-corrected chi connectivity index (χ4v) is 10.6. The Morgan fingerprint density at radius 1 is 0.229 bits per heavy atom. The SMILES string of the molecule is c1cc(-c2ccc(N(c3ccc(-c4cccc(-c5cccc6ccccc56)c4)cc3)c3ccc(-c4cccc(-n5c6ccccc6c6ccccc65)c4)cc3)cc2)cc(-c2cccc3ccccc23)c1. The molecule has 2 nitrogen and oxygen atoms in total. The molecule has 0 fully saturated rings. The standard InChI is InChI=1S/C68H46N2/c1-3-24-61-50(14-1)16-12-28-63(61)55-21-9-18-52(44-55)47-32-38-57(39-33-47)69(58-40-34-48(35-41-58)53-19-10-22-56(45-53)64-29-13-17-51-15-2-4-25-62(51)64)59-42-36-49(37-43-59)54-20-11-23-60(46-54)70-67-30-7-5-26-65(67)66-27-6-8-31-68(66)70/h1-46H. The van der Waals surface area contributed by atoms with Crippen LogP contribution in [0.3, 0.4) is 0 Å². The molecule has 0 N–H and O–H groups in total. The number of rotatable bonds is 9. The van der Waals surface area contributed by atoms with Gasteiger partial charge in [0.2, 0.25) is 0 Å². The summed E-state index contributed by atoms with van der Waals surface area (Å²) in [6.45, 7) is 0. The minimum absolute atomic E-state index is 1.08.